The van der Waals surface area contributed by atoms with Crippen LogP contribution >= 0.6 is 11.3 Å². The van der Waals surface area contributed by atoms with Gasteiger partial charge in [0.25, 0.3) is 5.91 Å². The molecule has 2 heterocycles. The Kier molecular flexibility index (Phi) is 3.61. The summed E-state index contributed by atoms with van der Waals surface area (Å²) in [5.41, 5.74) is -0.749. The molecule has 0 unspecified atom stereocenters. The van der Waals surface area contributed by atoms with E-state index in [1.54, 1.807) is 13.8 Å². The predicted octanol–water partition coefficient (Wildman–Crippen LogP) is -0.254. The molecule has 7 nitrogen and oxygen atoms in total. The molecule has 1 aromatic rings. The van der Waals surface area contributed by atoms with E-state index in [1.807, 2.05) is 0 Å². The van der Waals surface area contributed by atoms with Crippen molar-refractivity contribution in [2.24, 2.45) is 5.14 Å². The molecule has 20 heavy (non-hydrogen) atoms. The number of carbonyl (C=O) groups excluding carboxylic acids is 2. The maximum Gasteiger partial charge on any atom is 0.255 e. The summed E-state index contributed by atoms with van der Waals surface area (Å²) in [7, 11) is -3.82. The lowest BCUT2D eigenvalue weighted by Gasteiger charge is -2.41. The molecule has 1 aromatic heterocycles. The van der Waals surface area contributed by atoms with Crippen LogP contribution in [0, 0.1) is 0 Å². The second-order valence-corrected chi connectivity index (χ2v) is 7.67. The van der Waals surface area contributed by atoms with Gasteiger partial charge in [0.2, 0.25) is 15.9 Å². The lowest BCUT2D eigenvalue weighted by molar-refractivity contribution is -0.133. The number of sulfonamides is 1. The number of nitrogens with one attached hydrogen (secondary N) is 1. The fourth-order valence-electron chi connectivity index (χ4n) is 1.99. The highest BCUT2D eigenvalue weighted by Gasteiger charge is 2.40. The molecule has 0 bridgehead atoms. The molecule has 3 N–H and O–H groups in total. The number of rotatable bonds is 2. The third-order valence-electron chi connectivity index (χ3n) is 3.20. The average molecular weight is 317 g/mol. The molecule has 0 aliphatic carbocycles. The number of amides is 2. The summed E-state index contributed by atoms with van der Waals surface area (Å²) < 4.78 is 22.4. The highest BCUT2D eigenvalue weighted by Crippen LogP contribution is 2.24. The van der Waals surface area contributed by atoms with Gasteiger partial charge in [-0.15, -0.1) is 11.3 Å². The molecule has 1 saturated heterocycles. The standard InChI is InChI=1S/C11H15N3O4S2/c1-11(2)10(16)13-3-4-14(11)9(15)7-5-8(19-6-7)20(12,17)18/h5-6H,3-4H2,1-2H3,(H,13,16)(H2,12,17,18). The summed E-state index contributed by atoms with van der Waals surface area (Å²) in [5.74, 6) is -0.616. The number of thiophene rings is 1. The van der Waals surface area contributed by atoms with E-state index >= 15 is 0 Å². The summed E-state index contributed by atoms with van der Waals surface area (Å²) in [4.78, 5) is 25.7. The Hall–Kier alpha value is -1.45. The SMILES string of the molecule is CC1(C)C(=O)NCCN1C(=O)c1csc(S(N)(=O)=O)c1. The van der Waals surface area contributed by atoms with Crippen molar-refractivity contribution in [2.75, 3.05) is 13.1 Å². The van der Waals surface area contributed by atoms with Gasteiger partial charge in [-0.05, 0) is 19.9 Å². The van der Waals surface area contributed by atoms with Crippen LogP contribution in [0.1, 0.15) is 24.2 Å². The second kappa shape index (κ2) is 4.83. The molecule has 2 rings (SSSR count). The van der Waals surface area contributed by atoms with Crippen LogP contribution in [-0.2, 0) is 14.8 Å². The Morgan fingerprint density at radius 2 is 2.15 bits per heavy atom. The van der Waals surface area contributed by atoms with Gasteiger partial charge in [-0.25, -0.2) is 13.6 Å². The number of hydrogen-bond acceptors (Lipinski definition) is 5. The largest absolute Gasteiger partial charge is 0.352 e. The van der Waals surface area contributed by atoms with Crippen molar-refractivity contribution < 1.29 is 18.0 Å². The molecule has 1 fully saturated rings. The molecule has 110 valence electrons. The van der Waals surface area contributed by atoms with Gasteiger partial charge < -0.3 is 10.2 Å². The number of hydrogen-bond donors (Lipinski definition) is 2. The molecule has 1 aliphatic rings. The summed E-state index contributed by atoms with van der Waals surface area (Å²) in [6.07, 6.45) is 0. The van der Waals surface area contributed by atoms with Crippen molar-refractivity contribution in [3.63, 3.8) is 0 Å². The summed E-state index contributed by atoms with van der Waals surface area (Å²) in [6.45, 7) is 4.04. The van der Waals surface area contributed by atoms with Crippen LogP contribution in [0.5, 0.6) is 0 Å². The maximum atomic E-state index is 12.4. The van der Waals surface area contributed by atoms with Crippen molar-refractivity contribution in [1.82, 2.24) is 10.2 Å². The quantitative estimate of drug-likeness (QED) is 0.783. The van der Waals surface area contributed by atoms with E-state index in [1.165, 1.54) is 16.3 Å². The van der Waals surface area contributed by atoms with Gasteiger partial charge in [-0.2, -0.15) is 0 Å². The summed E-state index contributed by atoms with van der Waals surface area (Å²) >= 11 is 0.889. The molecule has 0 saturated carbocycles. The third-order valence-corrected chi connectivity index (χ3v) is 5.59. The fourth-order valence-corrected chi connectivity index (χ4v) is 3.57. The van der Waals surface area contributed by atoms with E-state index < -0.39 is 15.6 Å². The summed E-state index contributed by atoms with van der Waals surface area (Å²) in [6, 6.07) is 1.24. The Morgan fingerprint density at radius 3 is 2.70 bits per heavy atom. The molecular formula is C11H15N3O4S2. The number of nitrogens with zero attached hydrogens (tertiary/aromatic N) is 1. The lowest BCUT2D eigenvalue weighted by Crippen LogP contribution is -2.63. The molecular weight excluding hydrogens is 302 g/mol. The van der Waals surface area contributed by atoms with Crippen LogP contribution in [0.4, 0.5) is 0 Å². The Balaban J connectivity index is 2.32. The fraction of sp³-hybridized carbons (Fsp3) is 0.455. The van der Waals surface area contributed by atoms with Crippen LogP contribution in [-0.4, -0.2) is 43.8 Å². The first-order valence-corrected chi connectivity index (χ1v) is 8.28. The second-order valence-electron chi connectivity index (χ2n) is 4.97. The molecule has 0 atom stereocenters. The predicted molar refractivity (Wildman–Crippen MR) is 73.8 cm³/mol. The van der Waals surface area contributed by atoms with E-state index in [2.05, 4.69) is 5.32 Å². The zero-order chi connectivity index (χ0) is 15.1. The van der Waals surface area contributed by atoms with Crippen LogP contribution < -0.4 is 10.5 Å². The summed E-state index contributed by atoms with van der Waals surface area (Å²) in [5, 5.41) is 9.14. The number of primary sulfonamides is 1. The maximum absolute atomic E-state index is 12.4. The van der Waals surface area contributed by atoms with Crippen LogP contribution in [0.15, 0.2) is 15.7 Å². The van der Waals surface area contributed by atoms with Gasteiger partial charge in [-0.3, -0.25) is 9.59 Å². The molecule has 0 radical (unpaired) electrons. The molecule has 2 amide bonds. The van der Waals surface area contributed by atoms with Gasteiger partial charge in [0, 0.05) is 18.5 Å². The minimum atomic E-state index is -3.82. The number of carbonyl (C=O) groups is 2. The first-order chi connectivity index (χ1) is 9.14. The van der Waals surface area contributed by atoms with E-state index in [0.717, 1.165) is 11.3 Å². The van der Waals surface area contributed by atoms with Crippen LogP contribution in [0.2, 0.25) is 0 Å². The van der Waals surface area contributed by atoms with E-state index in [4.69, 9.17) is 5.14 Å². The highest BCUT2D eigenvalue weighted by atomic mass is 32.2. The minimum Gasteiger partial charge on any atom is -0.352 e. The first-order valence-electron chi connectivity index (χ1n) is 5.85. The number of nitrogens with two attached hydrogens (primary N) is 1. The zero-order valence-corrected chi connectivity index (χ0v) is 12.7. The smallest absolute Gasteiger partial charge is 0.255 e. The van der Waals surface area contributed by atoms with Gasteiger partial charge >= 0.3 is 0 Å². The Morgan fingerprint density at radius 1 is 1.50 bits per heavy atom. The molecule has 0 aromatic carbocycles. The van der Waals surface area contributed by atoms with Gasteiger partial charge in [0.1, 0.15) is 9.75 Å². The van der Waals surface area contributed by atoms with Crippen molar-refractivity contribution in [3.8, 4) is 0 Å². The minimum absolute atomic E-state index is 0.0693. The van der Waals surface area contributed by atoms with Gasteiger partial charge in [0.05, 0.1) is 5.56 Å². The van der Waals surface area contributed by atoms with Gasteiger partial charge in [0.15, 0.2) is 0 Å². The average Bonchev–Trinajstić information content (AvgIpc) is 2.81. The van der Waals surface area contributed by atoms with Crippen molar-refractivity contribution in [1.29, 1.82) is 0 Å². The van der Waals surface area contributed by atoms with E-state index in [0.29, 0.717) is 13.1 Å². The van der Waals surface area contributed by atoms with Gasteiger partial charge in [-0.1, -0.05) is 0 Å². The van der Waals surface area contributed by atoms with E-state index in [-0.39, 0.29) is 21.6 Å². The normalized spacial score (nSPS) is 18.8. The van der Waals surface area contributed by atoms with Crippen molar-refractivity contribution in [3.05, 3.63) is 17.0 Å². The lowest BCUT2D eigenvalue weighted by atomic mass is 9.98. The van der Waals surface area contributed by atoms with Crippen LogP contribution in [0.25, 0.3) is 0 Å². The monoisotopic (exact) mass is 317 g/mol. The van der Waals surface area contributed by atoms with Crippen molar-refractivity contribution >= 4 is 33.2 Å². The topological polar surface area (TPSA) is 110 Å². The first kappa shape index (κ1) is 14.9. The number of piperazine rings is 1. The van der Waals surface area contributed by atoms with Crippen molar-refractivity contribution in [2.45, 2.75) is 23.6 Å². The highest BCUT2D eigenvalue weighted by molar-refractivity contribution is 7.91. The Bertz CT molecular complexity index is 663. The van der Waals surface area contributed by atoms with Crippen LogP contribution in [0.3, 0.4) is 0 Å². The van der Waals surface area contributed by atoms with E-state index in [9.17, 15) is 18.0 Å². The molecule has 9 heteroatoms. The Labute approximate surface area is 120 Å². The zero-order valence-electron chi connectivity index (χ0n) is 11.0. The molecule has 1 aliphatic heterocycles. The third kappa shape index (κ3) is 2.56. The molecule has 0 spiro atoms.